The van der Waals surface area contributed by atoms with Gasteiger partial charge in [0.25, 0.3) is 0 Å². The van der Waals surface area contributed by atoms with Crippen molar-refractivity contribution in [1.82, 2.24) is 5.32 Å². The standard InChI is InChI=1S/C14H18ClNO/c1-10(2)8-16-6-5-11-9-17-14-4-3-12(15)7-13(11)14/h3-4,7,9-10,16H,5-6,8H2,1-2H3. The van der Waals surface area contributed by atoms with Gasteiger partial charge in [-0.1, -0.05) is 25.4 Å². The van der Waals surface area contributed by atoms with Crippen molar-refractivity contribution in [1.29, 1.82) is 0 Å². The van der Waals surface area contributed by atoms with E-state index in [4.69, 9.17) is 16.0 Å². The molecular weight excluding hydrogens is 234 g/mol. The molecule has 0 aliphatic rings. The third-order valence-electron chi connectivity index (χ3n) is 2.74. The normalized spacial score (nSPS) is 11.5. The zero-order chi connectivity index (χ0) is 12.3. The molecule has 0 saturated heterocycles. The van der Waals surface area contributed by atoms with Crippen molar-refractivity contribution in [3.05, 3.63) is 35.0 Å². The van der Waals surface area contributed by atoms with Crippen molar-refractivity contribution in [2.45, 2.75) is 20.3 Å². The minimum atomic E-state index is 0.686. The molecule has 0 radical (unpaired) electrons. The summed E-state index contributed by atoms with van der Waals surface area (Å²) in [7, 11) is 0. The molecule has 1 aromatic heterocycles. The van der Waals surface area contributed by atoms with Crippen molar-refractivity contribution >= 4 is 22.6 Å². The van der Waals surface area contributed by atoms with Crippen LogP contribution < -0.4 is 5.32 Å². The Hall–Kier alpha value is -0.990. The highest BCUT2D eigenvalue weighted by atomic mass is 35.5. The number of halogens is 1. The van der Waals surface area contributed by atoms with Gasteiger partial charge in [-0.25, -0.2) is 0 Å². The maximum absolute atomic E-state index is 5.99. The summed E-state index contributed by atoms with van der Waals surface area (Å²) in [6.45, 7) is 6.44. The van der Waals surface area contributed by atoms with E-state index in [2.05, 4.69) is 19.2 Å². The fourth-order valence-electron chi connectivity index (χ4n) is 1.86. The summed E-state index contributed by atoms with van der Waals surface area (Å²) in [6.07, 6.45) is 2.80. The number of fused-ring (bicyclic) bond motifs is 1. The number of furan rings is 1. The third-order valence-corrected chi connectivity index (χ3v) is 2.97. The zero-order valence-electron chi connectivity index (χ0n) is 10.3. The Kier molecular flexibility index (Phi) is 4.08. The van der Waals surface area contributed by atoms with E-state index in [9.17, 15) is 0 Å². The van der Waals surface area contributed by atoms with E-state index in [1.54, 1.807) is 0 Å². The predicted molar refractivity (Wildman–Crippen MR) is 72.6 cm³/mol. The van der Waals surface area contributed by atoms with E-state index in [0.29, 0.717) is 5.92 Å². The van der Waals surface area contributed by atoms with Gasteiger partial charge < -0.3 is 9.73 Å². The number of benzene rings is 1. The molecule has 3 heteroatoms. The quantitative estimate of drug-likeness (QED) is 0.816. The number of hydrogen-bond acceptors (Lipinski definition) is 2. The summed E-state index contributed by atoms with van der Waals surface area (Å²) in [4.78, 5) is 0. The minimum absolute atomic E-state index is 0.686. The number of rotatable bonds is 5. The van der Waals surface area contributed by atoms with Crippen molar-refractivity contribution < 1.29 is 4.42 Å². The van der Waals surface area contributed by atoms with Crippen LogP contribution in [0, 0.1) is 5.92 Å². The fourth-order valence-corrected chi connectivity index (χ4v) is 2.03. The Morgan fingerprint density at radius 2 is 2.18 bits per heavy atom. The lowest BCUT2D eigenvalue weighted by atomic mass is 10.1. The van der Waals surface area contributed by atoms with Crippen LogP contribution >= 0.6 is 11.6 Å². The van der Waals surface area contributed by atoms with Crippen LogP contribution in [-0.4, -0.2) is 13.1 Å². The molecular formula is C14H18ClNO. The van der Waals surface area contributed by atoms with Crippen molar-refractivity contribution in [3.63, 3.8) is 0 Å². The van der Waals surface area contributed by atoms with E-state index in [0.717, 1.165) is 35.5 Å². The molecule has 2 rings (SSSR count). The first kappa shape index (κ1) is 12.5. The van der Waals surface area contributed by atoms with Crippen molar-refractivity contribution in [2.75, 3.05) is 13.1 Å². The second kappa shape index (κ2) is 5.56. The van der Waals surface area contributed by atoms with Crippen molar-refractivity contribution in [2.24, 2.45) is 5.92 Å². The Morgan fingerprint density at radius 1 is 1.35 bits per heavy atom. The van der Waals surface area contributed by atoms with Gasteiger partial charge in [-0.2, -0.15) is 0 Å². The SMILES string of the molecule is CC(C)CNCCc1coc2ccc(Cl)cc12. The monoisotopic (exact) mass is 251 g/mol. The molecule has 2 aromatic rings. The van der Waals surface area contributed by atoms with E-state index in [1.165, 1.54) is 5.56 Å². The van der Waals surface area contributed by atoms with Crippen LogP contribution in [0.4, 0.5) is 0 Å². The summed E-state index contributed by atoms with van der Waals surface area (Å²) in [6, 6.07) is 5.75. The zero-order valence-corrected chi connectivity index (χ0v) is 11.1. The molecule has 0 unspecified atom stereocenters. The summed E-state index contributed by atoms with van der Waals surface area (Å²) in [5.74, 6) is 0.686. The number of nitrogens with one attached hydrogen (secondary N) is 1. The predicted octanol–water partition coefficient (Wildman–Crippen LogP) is 3.87. The topological polar surface area (TPSA) is 25.2 Å². The molecule has 1 heterocycles. The van der Waals surface area contributed by atoms with Crippen LogP contribution in [-0.2, 0) is 6.42 Å². The van der Waals surface area contributed by atoms with Crippen LogP contribution in [0.1, 0.15) is 19.4 Å². The molecule has 0 bridgehead atoms. The van der Waals surface area contributed by atoms with Crippen LogP contribution in [0.2, 0.25) is 5.02 Å². The highest BCUT2D eigenvalue weighted by molar-refractivity contribution is 6.31. The lowest BCUT2D eigenvalue weighted by Crippen LogP contribution is -2.21. The highest BCUT2D eigenvalue weighted by Gasteiger charge is 2.06. The summed E-state index contributed by atoms with van der Waals surface area (Å²) in [5, 5.41) is 5.32. The van der Waals surface area contributed by atoms with Gasteiger partial charge in [0.2, 0.25) is 0 Å². The minimum Gasteiger partial charge on any atom is -0.464 e. The first-order valence-electron chi connectivity index (χ1n) is 6.03. The Balaban J connectivity index is 2.01. The second-order valence-electron chi connectivity index (χ2n) is 4.75. The highest BCUT2D eigenvalue weighted by Crippen LogP contribution is 2.24. The summed E-state index contributed by atoms with van der Waals surface area (Å²) < 4.78 is 5.50. The van der Waals surface area contributed by atoms with E-state index < -0.39 is 0 Å². The molecule has 0 saturated carbocycles. The average Bonchev–Trinajstić information content (AvgIpc) is 2.67. The summed E-state index contributed by atoms with van der Waals surface area (Å²) >= 11 is 5.99. The van der Waals surface area contributed by atoms with Crippen LogP contribution in [0.15, 0.2) is 28.9 Å². The maximum atomic E-state index is 5.99. The molecule has 92 valence electrons. The molecule has 17 heavy (non-hydrogen) atoms. The van der Waals surface area contributed by atoms with Crippen LogP contribution in [0.25, 0.3) is 11.0 Å². The van der Waals surface area contributed by atoms with Gasteiger partial charge in [0, 0.05) is 10.4 Å². The van der Waals surface area contributed by atoms with Gasteiger partial charge in [-0.15, -0.1) is 0 Å². The molecule has 0 amide bonds. The molecule has 0 aliphatic carbocycles. The first-order chi connectivity index (χ1) is 8.16. The maximum Gasteiger partial charge on any atom is 0.134 e. The van der Waals surface area contributed by atoms with Gasteiger partial charge in [0.1, 0.15) is 5.58 Å². The average molecular weight is 252 g/mol. The van der Waals surface area contributed by atoms with Gasteiger partial charge >= 0.3 is 0 Å². The largest absolute Gasteiger partial charge is 0.464 e. The van der Waals surface area contributed by atoms with E-state index >= 15 is 0 Å². The van der Waals surface area contributed by atoms with E-state index in [-0.39, 0.29) is 0 Å². The molecule has 0 atom stereocenters. The lowest BCUT2D eigenvalue weighted by Gasteiger charge is -2.06. The Bertz CT molecular complexity index is 490. The lowest BCUT2D eigenvalue weighted by molar-refractivity contribution is 0.552. The fraction of sp³-hybridized carbons (Fsp3) is 0.429. The Morgan fingerprint density at radius 3 is 2.94 bits per heavy atom. The van der Waals surface area contributed by atoms with Gasteiger partial charge in [-0.05, 0) is 49.2 Å². The number of hydrogen-bond donors (Lipinski definition) is 1. The molecule has 0 fully saturated rings. The summed E-state index contributed by atoms with van der Waals surface area (Å²) in [5.41, 5.74) is 2.13. The third kappa shape index (κ3) is 3.24. The molecule has 0 aliphatic heterocycles. The van der Waals surface area contributed by atoms with Crippen molar-refractivity contribution in [3.8, 4) is 0 Å². The first-order valence-corrected chi connectivity index (χ1v) is 6.41. The van der Waals surface area contributed by atoms with Gasteiger partial charge in [0.15, 0.2) is 0 Å². The smallest absolute Gasteiger partial charge is 0.134 e. The molecule has 1 N–H and O–H groups in total. The molecule has 0 spiro atoms. The van der Waals surface area contributed by atoms with Gasteiger partial charge in [-0.3, -0.25) is 0 Å². The van der Waals surface area contributed by atoms with Gasteiger partial charge in [0.05, 0.1) is 6.26 Å². The molecule has 1 aromatic carbocycles. The molecule has 2 nitrogen and oxygen atoms in total. The van der Waals surface area contributed by atoms with E-state index in [1.807, 2.05) is 24.5 Å². The van der Waals surface area contributed by atoms with Crippen LogP contribution in [0.5, 0.6) is 0 Å². The van der Waals surface area contributed by atoms with Crippen LogP contribution in [0.3, 0.4) is 0 Å². The second-order valence-corrected chi connectivity index (χ2v) is 5.19. The Labute approximate surface area is 107 Å².